The van der Waals surface area contributed by atoms with Gasteiger partial charge in [0.1, 0.15) is 0 Å². The van der Waals surface area contributed by atoms with E-state index in [1.807, 2.05) is 0 Å². The molecule has 0 saturated heterocycles. The smallest absolute Gasteiger partial charge is 0.0549 e. The second kappa shape index (κ2) is 8.22. The summed E-state index contributed by atoms with van der Waals surface area (Å²) in [5, 5.41) is 5.14. The third-order valence-corrected chi connectivity index (χ3v) is 7.72. The van der Waals surface area contributed by atoms with Crippen LogP contribution in [0.3, 0.4) is 0 Å². The number of rotatable bonds is 3. The first-order valence-electron chi connectivity index (χ1n) is 13.1. The third-order valence-electron chi connectivity index (χ3n) is 7.72. The van der Waals surface area contributed by atoms with Crippen molar-refractivity contribution in [2.45, 2.75) is 0 Å². The van der Waals surface area contributed by atoms with Crippen molar-refractivity contribution in [3.05, 3.63) is 146 Å². The number of fused-ring (bicyclic) bond motifs is 7. The normalized spacial score (nSPS) is 11.7. The second-order valence-electron chi connectivity index (χ2n) is 9.78. The molecular weight excluding hydrogens is 460 g/mol. The minimum atomic E-state index is 1.18. The van der Waals surface area contributed by atoms with E-state index < -0.39 is 0 Å². The Labute approximate surface area is 220 Å². The maximum atomic E-state index is 2.45. The average molecular weight is 485 g/mol. The lowest BCUT2D eigenvalue weighted by Gasteiger charge is -2.14. The number of aromatic nitrogens is 2. The first-order chi connectivity index (χ1) is 18.9. The summed E-state index contributed by atoms with van der Waals surface area (Å²) in [5.41, 5.74) is 9.70. The van der Waals surface area contributed by atoms with Gasteiger partial charge < -0.3 is 9.13 Å². The molecule has 0 unspecified atom stereocenters. The van der Waals surface area contributed by atoms with Crippen molar-refractivity contribution >= 4 is 43.6 Å². The summed E-state index contributed by atoms with van der Waals surface area (Å²) in [6, 6.07) is 52.3. The van der Waals surface area contributed by atoms with Gasteiger partial charge >= 0.3 is 0 Å². The Morgan fingerprint density at radius 1 is 0.342 bits per heavy atom. The van der Waals surface area contributed by atoms with Gasteiger partial charge in [0.15, 0.2) is 0 Å². The van der Waals surface area contributed by atoms with Gasteiger partial charge in [-0.3, -0.25) is 0 Å². The minimum absolute atomic E-state index is 1.18. The number of nitrogens with zero attached hydrogens (tertiary/aromatic N) is 2. The molecule has 0 atom stereocenters. The van der Waals surface area contributed by atoms with Crippen molar-refractivity contribution in [2.24, 2.45) is 0 Å². The average Bonchev–Trinajstić information content (AvgIpc) is 3.51. The van der Waals surface area contributed by atoms with Crippen molar-refractivity contribution < 1.29 is 0 Å². The highest BCUT2D eigenvalue weighted by molar-refractivity contribution is 6.29. The van der Waals surface area contributed by atoms with Crippen molar-refractivity contribution in [3.8, 4) is 22.5 Å². The molecule has 2 nitrogen and oxygen atoms in total. The zero-order valence-electron chi connectivity index (χ0n) is 20.8. The van der Waals surface area contributed by atoms with E-state index in [9.17, 15) is 0 Å². The Kier molecular flexibility index (Phi) is 4.55. The topological polar surface area (TPSA) is 9.86 Å². The zero-order chi connectivity index (χ0) is 25.1. The van der Waals surface area contributed by atoms with Crippen LogP contribution in [-0.2, 0) is 0 Å². The number of hydrogen-bond acceptors (Lipinski definition) is 0. The van der Waals surface area contributed by atoms with Crippen LogP contribution in [0.5, 0.6) is 0 Å². The maximum Gasteiger partial charge on any atom is 0.0549 e. The maximum absolute atomic E-state index is 2.45. The lowest BCUT2D eigenvalue weighted by molar-refractivity contribution is 1.17. The van der Waals surface area contributed by atoms with Crippen LogP contribution in [0, 0.1) is 0 Å². The van der Waals surface area contributed by atoms with E-state index in [0.717, 1.165) is 0 Å². The molecule has 0 saturated carbocycles. The van der Waals surface area contributed by atoms with E-state index in [1.54, 1.807) is 0 Å². The molecule has 6 aromatic carbocycles. The number of benzene rings is 6. The van der Waals surface area contributed by atoms with Gasteiger partial charge in [0.25, 0.3) is 0 Å². The molecule has 0 amide bonds. The van der Waals surface area contributed by atoms with Crippen LogP contribution in [0.2, 0.25) is 0 Å². The van der Waals surface area contributed by atoms with Gasteiger partial charge in [-0.2, -0.15) is 0 Å². The van der Waals surface area contributed by atoms with Gasteiger partial charge in [-0.25, -0.2) is 0 Å². The molecule has 2 heteroatoms. The molecule has 0 aliphatic carbocycles. The molecule has 0 aliphatic heterocycles. The van der Waals surface area contributed by atoms with Gasteiger partial charge in [0.05, 0.1) is 27.8 Å². The Hall–Kier alpha value is -5.08. The van der Waals surface area contributed by atoms with Gasteiger partial charge in [-0.1, -0.05) is 103 Å². The van der Waals surface area contributed by atoms with E-state index >= 15 is 0 Å². The Morgan fingerprint density at radius 3 is 1.53 bits per heavy atom. The van der Waals surface area contributed by atoms with Crippen LogP contribution in [0.4, 0.5) is 0 Å². The summed E-state index contributed by atoms with van der Waals surface area (Å²) in [6.45, 7) is 0. The van der Waals surface area contributed by atoms with Crippen LogP contribution in [-0.4, -0.2) is 9.13 Å². The first kappa shape index (κ1) is 21.0. The molecule has 8 aromatic rings. The first-order valence-corrected chi connectivity index (χ1v) is 13.1. The monoisotopic (exact) mass is 484 g/mol. The minimum Gasteiger partial charge on any atom is -0.309 e. The molecule has 2 aromatic heterocycles. The lowest BCUT2D eigenvalue weighted by atomic mass is 10.0. The van der Waals surface area contributed by atoms with Crippen molar-refractivity contribution in [1.29, 1.82) is 0 Å². The molecule has 38 heavy (non-hydrogen) atoms. The fourth-order valence-corrected chi connectivity index (χ4v) is 6.16. The summed E-state index contributed by atoms with van der Waals surface area (Å²) in [5.74, 6) is 0. The molecule has 0 N–H and O–H groups in total. The van der Waals surface area contributed by atoms with Gasteiger partial charge in [-0.05, 0) is 48.0 Å². The van der Waals surface area contributed by atoms with E-state index in [4.69, 9.17) is 0 Å². The van der Waals surface area contributed by atoms with E-state index in [0.29, 0.717) is 0 Å². The molecule has 8 rings (SSSR count). The van der Waals surface area contributed by atoms with Crippen LogP contribution in [0.1, 0.15) is 0 Å². The highest BCUT2D eigenvalue weighted by Gasteiger charge is 2.21. The van der Waals surface area contributed by atoms with Gasteiger partial charge in [-0.15, -0.1) is 0 Å². The quantitative estimate of drug-likeness (QED) is 0.236. The molecular formula is C36H24N2. The van der Waals surface area contributed by atoms with Crippen LogP contribution < -0.4 is 0 Å². The Morgan fingerprint density at radius 2 is 0.842 bits per heavy atom. The molecule has 0 spiro atoms. The number of hydrogen-bond donors (Lipinski definition) is 0. The van der Waals surface area contributed by atoms with E-state index in [1.165, 1.54) is 66.1 Å². The fourth-order valence-electron chi connectivity index (χ4n) is 6.16. The lowest BCUT2D eigenvalue weighted by Crippen LogP contribution is -1.97. The van der Waals surface area contributed by atoms with Crippen LogP contribution >= 0.6 is 0 Å². The highest BCUT2D eigenvalue weighted by Crippen LogP contribution is 2.43. The molecule has 2 heterocycles. The highest BCUT2D eigenvalue weighted by atomic mass is 15.0. The summed E-state index contributed by atoms with van der Waals surface area (Å²) >= 11 is 0. The summed E-state index contributed by atoms with van der Waals surface area (Å²) < 4.78 is 4.84. The van der Waals surface area contributed by atoms with Crippen LogP contribution in [0.15, 0.2) is 146 Å². The molecule has 0 radical (unpaired) electrons. The standard InChI is InChI=1S/C36H24N2/c1-3-13-25(14-4-1)27-17-7-10-20-30(27)38-32-22-12-9-19-29(32)36-34(38)24-23-33-35(36)28-18-8-11-21-31(28)37(33)26-15-5-2-6-16-26/h1-24H. The fraction of sp³-hybridized carbons (Fsp3) is 0. The molecule has 0 fully saturated rings. The predicted molar refractivity (Wildman–Crippen MR) is 161 cm³/mol. The van der Waals surface area contributed by atoms with Gasteiger partial charge in [0, 0.05) is 32.8 Å². The van der Waals surface area contributed by atoms with Crippen molar-refractivity contribution in [1.82, 2.24) is 9.13 Å². The van der Waals surface area contributed by atoms with Gasteiger partial charge in [0.2, 0.25) is 0 Å². The second-order valence-corrected chi connectivity index (χ2v) is 9.78. The SMILES string of the molecule is c1ccc(-c2ccccc2-n2c3ccccc3c3c4c5ccccc5n(-c5ccccc5)c4ccc32)cc1. The van der Waals surface area contributed by atoms with Crippen molar-refractivity contribution in [2.75, 3.05) is 0 Å². The number of para-hydroxylation sites is 4. The zero-order valence-corrected chi connectivity index (χ0v) is 20.8. The summed E-state index contributed by atoms with van der Waals surface area (Å²) in [6.07, 6.45) is 0. The summed E-state index contributed by atoms with van der Waals surface area (Å²) in [7, 11) is 0. The van der Waals surface area contributed by atoms with Crippen molar-refractivity contribution in [3.63, 3.8) is 0 Å². The molecule has 0 bridgehead atoms. The largest absolute Gasteiger partial charge is 0.309 e. The van der Waals surface area contributed by atoms with Crippen LogP contribution in [0.25, 0.3) is 66.1 Å². The third kappa shape index (κ3) is 2.95. The molecule has 0 aliphatic rings. The van der Waals surface area contributed by atoms with E-state index in [2.05, 4.69) is 155 Å². The molecule has 178 valence electrons. The summed E-state index contributed by atoms with van der Waals surface area (Å²) in [4.78, 5) is 0. The van der Waals surface area contributed by atoms with E-state index in [-0.39, 0.29) is 0 Å². The predicted octanol–water partition coefficient (Wildman–Crippen LogP) is 9.55. The Balaban J connectivity index is 1.56. The Bertz CT molecular complexity index is 2110.